The number of carboxylic acids is 2. The molecule has 9 N–H and O–H groups in total. The number of rotatable bonds is 12. The fourth-order valence-corrected chi connectivity index (χ4v) is 2.12. The largest absolute Gasteiger partial charge is 0.481 e. The third kappa shape index (κ3) is 9.51. The highest BCUT2D eigenvalue weighted by molar-refractivity contribution is 5.96. The molecule has 4 amide bonds. The molecule has 0 aliphatic heterocycles. The summed E-state index contributed by atoms with van der Waals surface area (Å²) in [4.78, 5) is 69.5. The van der Waals surface area contributed by atoms with E-state index in [2.05, 4.69) is 16.0 Å². The number of aliphatic carboxylic acids is 2. The average molecular weight is 417 g/mol. The standard InChI is InChI=1S/C16H27N5O8/c1-6(2)12(21-13(25)8(17)4-11(23)24)15(27)20-9(5-10(18)22)14(26)19-7(3)16(28)29/h6-9,12H,4-5,17H2,1-3H3,(H2,18,22)(H,19,26)(H,20,27)(H,21,25)(H,23,24)(H,28,29). The van der Waals surface area contributed by atoms with Crippen molar-refractivity contribution in [2.75, 3.05) is 0 Å². The molecular weight excluding hydrogens is 390 g/mol. The normalized spacial score (nSPS) is 14.8. The molecule has 0 aliphatic rings. The minimum Gasteiger partial charge on any atom is -0.481 e. The van der Waals surface area contributed by atoms with E-state index in [1.54, 1.807) is 13.8 Å². The van der Waals surface area contributed by atoms with Gasteiger partial charge in [0.2, 0.25) is 23.6 Å². The van der Waals surface area contributed by atoms with Crippen molar-refractivity contribution in [3.05, 3.63) is 0 Å². The van der Waals surface area contributed by atoms with E-state index in [1.807, 2.05) is 0 Å². The summed E-state index contributed by atoms with van der Waals surface area (Å²) in [7, 11) is 0. The molecule has 0 spiro atoms. The molecule has 0 heterocycles. The van der Waals surface area contributed by atoms with Crippen LogP contribution in [0, 0.1) is 5.92 Å². The number of amides is 4. The molecule has 0 saturated heterocycles. The summed E-state index contributed by atoms with van der Waals surface area (Å²) >= 11 is 0. The maximum Gasteiger partial charge on any atom is 0.325 e. The Kier molecular flexibility index (Phi) is 10.3. The zero-order valence-corrected chi connectivity index (χ0v) is 16.3. The lowest BCUT2D eigenvalue weighted by Crippen LogP contribution is -2.58. The second-order valence-corrected chi connectivity index (χ2v) is 6.73. The van der Waals surface area contributed by atoms with Crippen molar-refractivity contribution >= 4 is 35.6 Å². The smallest absolute Gasteiger partial charge is 0.325 e. The highest BCUT2D eigenvalue weighted by Gasteiger charge is 2.32. The van der Waals surface area contributed by atoms with Gasteiger partial charge in [0.25, 0.3) is 0 Å². The number of carbonyl (C=O) groups excluding carboxylic acids is 4. The summed E-state index contributed by atoms with van der Waals surface area (Å²) in [5.74, 6) is -6.76. The highest BCUT2D eigenvalue weighted by Crippen LogP contribution is 2.05. The lowest BCUT2D eigenvalue weighted by Gasteiger charge is -2.26. The van der Waals surface area contributed by atoms with Gasteiger partial charge in [0.1, 0.15) is 18.1 Å². The van der Waals surface area contributed by atoms with Gasteiger partial charge in [-0.2, -0.15) is 0 Å². The van der Waals surface area contributed by atoms with Gasteiger partial charge in [0.15, 0.2) is 0 Å². The van der Waals surface area contributed by atoms with Crippen LogP contribution >= 0.6 is 0 Å². The van der Waals surface area contributed by atoms with Crippen molar-refractivity contribution in [2.24, 2.45) is 17.4 Å². The maximum atomic E-state index is 12.5. The van der Waals surface area contributed by atoms with Crippen LogP contribution in [0.3, 0.4) is 0 Å². The number of nitrogens with one attached hydrogen (secondary N) is 3. The summed E-state index contributed by atoms with van der Waals surface area (Å²) in [6.45, 7) is 4.33. The van der Waals surface area contributed by atoms with Crippen molar-refractivity contribution < 1.29 is 39.0 Å². The van der Waals surface area contributed by atoms with Gasteiger partial charge in [-0.05, 0) is 12.8 Å². The summed E-state index contributed by atoms with van der Waals surface area (Å²) < 4.78 is 0. The molecule has 0 aliphatic carbocycles. The van der Waals surface area contributed by atoms with Crippen LogP contribution in [-0.4, -0.2) is 69.9 Å². The molecule has 0 saturated carbocycles. The lowest BCUT2D eigenvalue weighted by atomic mass is 10.0. The first kappa shape index (κ1) is 25.8. The lowest BCUT2D eigenvalue weighted by molar-refractivity contribution is -0.142. The Labute approximate surface area is 166 Å². The fourth-order valence-electron chi connectivity index (χ4n) is 2.12. The molecular formula is C16H27N5O8. The van der Waals surface area contributed by atoms with E-state index in [1.165, 1.54) is 6.92 Å². The van der Waals surface area contributed by atoms with E-state index < -0.39 is 78.5 Å². The summed E-state index contributed by atoms with van der Waals surface area (Å²) in [5, 5.41) is 24.2. The van der Waals surface area contributed by atoms with Crippen molar-refractivity contribution in [3.8, 4) is 0 Å². The Morgan fingerprint density at radius 3 is 1.79 bits per heavy atom. The molecule has 13 heteroatoms. The van der Waals surface area contributed by atoms with Gasteiger partial charge in [0.05, 0.1) is 18.9 Å². The zero-order valence-electron chi connectivity index (χ0n) is 16.3. The number of carboxylic acid groups (broad SMARTS) is 2. The zero-order chi connectivity index (χ0) is 22.9. The summed E-state index contributed by atoms with van der Waals surface area (Å²) in [6.07, 6.45) is -1.26. The first-order valence-corrected chi connectivity index (χ1v) is 8.65. The van der Waals surface area contributed by atoms with Crippen LogP contribution < -0.4 is 27.4 Å². The van der Waals surface area contributed by atoms with Crippen molar-refractivity contribution in [1.29, 1.82) is 0 Å². The van der Waals surface area contributed by atoms with Crippen molar-refractivity contribution in [2.45, 2.75) is 57.8 Å². The molecule has 4 atom stereocenters. The van der Waals surface area contributed by atoms with Crippen LogP contribution in [0.5, 0.6) is 0 Å². The van der Waals surface area contributed by atoms with Gasteiger partial charge in [-0.25, -0.2) is 0 Å². The van der Waals surface area contributed by atoms with Gasteiger partial charge >= 0.3 is 11.9 Å². The van der Waals surface area contributed by atoms with E-state index in [-0.39, 0.29) is 0 Å². The molecule has 0 aromatic rings. The van der Waals surface area contributed by atoms with E-state index >= 15 is 0 Å². The van der Waals surface area contributed by atoms with Gasteiger partial charge in [-0.1, -0.05) is 13.8 Å². The molecule has 0 aromatic heterocycles. The first-order valence-electron chi connectivity index (χ1n) is 8.65. The minimum atomic E-state index is -1.48. The van der Waals surface area contributed by atoms with Crippen LogP contribution in [-0.2, 0) is 28.8 Å². The van der Waals surface area contributed by atoms with Gasteiger partial charge in [-0.15, -0.1) is 0 Å². The fraction of sp³-hybridized carbons (Fsp3) is 0.625. The van der Waals surface area contributed by atoms with Crippen molar-refractivity contribution in [3.63, 3.8) is 0 Å². The number of carbonyl (C=O) groups is 6. The van der Waals surface area contributed by atoms with Crippen molar-refractivity contribution in [1.82, 2.24) is 16.0 Å². The predicted molar refractivity (Wildman–Crippen MR) is 98.0 cm³/mol. The first-order chi connectivity index (χ1) is 13.3. The predicted octanol–water partition coefficient (Wildman–Crippen LogP) is -3.12. The molecule has 164 valence electrons. The number of hydrogen-bond donors (Lipinski definition) is 7. The van der Waals surface area contributed by atoms with E-state index in [0.29, 0.717) is 0 Å². The average Bonchev–Trinajstić information content (AvgIpc) is 2.56. The second-order valence-electron chi connectivity index (χ2n) is 6.73. The van der Waals surface area contributed by atoms with Gasteiger partial charge in [0, 0.05) is 0 Å². The minimum absolute atomic E-state index is 0.494. The SMILES string of the molecule is CC(NC(=O)C(CC(N)=O)NC(=O)C(NC(=O)C(N)CC(=O)O)C(C)C)C(=O)O. The Morgan fingerprint density at radius 2 is 1.38 bits per heavy atom. The van der Waals surface area contributed by atoms with Crippen LogP contribution in [0.1, 0.15) is 33.6 Å². The van der Waals surface area contributed by atoms with Crippen LogP contribution in [0.2, 0.25) is 0 Å². The Morgan fingerprint density at radius 1 is 0.828 bits per heavy atom. The van der Waals surface area contributed by atoms with E-state index in [4.69, 9.17) is 21.7 Å². The topological polar surface area (TPSA) is 231 Å². The monoisotopic (exact) mass is 417 g/mol. The van der Waals surface area contributed by atoms with Crippen LogP contribution in [0.15, 0.2) is 0 Å². The quantitative estimate of drug-likeness (QED) is 0.170. The number of nitrogens with two attached hydrogens (primary N) is 2. The van der Waals surface area contributed by atoms with Crippen LogP contribution in [0.25, 0.3) is 0 Å². The number of hydrogen-bond acceptors (Lipinski definition) is 7. The molecule has 0 rings (SSSR count). The van der Waals surface area contributed by atoms with Gasteiger partial charge in [-0.3, -0.25) is 28.8 Å². The maximum absolute atomic E-state index is 12.5. The third-order valence-corrected chi connectivity index (χ3v) is 3.75. The molecule has 29 heavy (non-hydrogen) atoms. The van der Waals surface area contributed by atoms with Crippen LogP contribution in [0.4, 0.5) is 0 Å². The van der Waals surface area contributed by atoms with E-state index in [9.17, 15) is 28.8 Å². The van der Waals surface area contributed by atoms with E-state index in [0.717, 1.165) is 0 Å². The molecule has 0 aromatic carbocycles. The number of primary amides is 1. The Bertz CT molecular complexity index is 666. The van der Waals surface area contributed by atoms with Gasteiger partial charge < -0.3 is 37.6 Å². The third-order valence-electron chi connectivity index (χ3n) is 3.75. The molecule has 4 unspecified atom stereocenters. The second kappa shape index (κ2) is 11.6. The molecule has 13 nitrogen and oxygen atoms in total. The molecule has 0 radical (unpaired) electrons. The Balaban J connectivity index is 5.31. The molecule has 0 fully saturated rings. The molecule has 0 bridgehead atoms. The Hall–Kier alpha value is -3.22. The summed E-state index contributed by atoms with van der Waals surface area (Å²) in [6, 6.07) is -5.37. The highest BCUT2D eigenvalue weighted by atomic mass is 16.4. The summed E-state index contributed by atoms with van der Waals surface area (Å²) in [5.41, 5.74) is 10.5.